The molecule has 16 heteroatoms. The molecule has 252 valence electrons. The van der Waals surface area contributed by atoms with Crippen LogP contribution < -0.4 is 20.1 Å². The summed E-state index contributed by atoms with van der Waals surface area (Å²) < 4.78 is 59.3. The maximum absolute atomic E-state index is 14.8. The van der Waals surface area contributed by atoms with E-state index in [1.54, 1.807) is 59.4 Å². The molecule has 1 unspecified atom stereocenters. The van der Waals surface area contributed by atoms with Crippen LogP contribution in [0.3, 0.4) is 0 Å². The first-order valence-corrected chi connectivity index (χ1v) is 13.9. The number of carboxylic acid groups (broad SMARTS) is 1. The minimum Gasteiger partial charge on any atom is -0.491 e. The quantitative estimate of drug-likeness (QED) is 0.139. The van der Waals surface area contributed by atoms with Crippen LogP contribution in [0.25, 0.3) is 5.69 Å². The Morgan fingerprint density at radius 2 is 1.57 bits per heavy atom. The lowest BCUT2D eigenvalue weighted by Gasteiger charge is -2.14. The third-order valence-corrected chi connectivity index (χ3v) is 5.99. The van der Waals surface area contributed by atoms with Gasteiger partial charge in [-0.15, -0.1) is 0 Å². The van der Waals surface area contributed by atoms with Crippen LogP contribution >= 0.6 is 0 Å². The highest BCUT2D eigenvalue weighted by atomic mass is 19.4. The van der Waals surface area contributed by atoms with E-state index >= 15 is 0 Å². The van der Waals surface area contributed by atoms with Gasteiger partial charge in [-0.05, 0) is 49.4 Å². The molecule has 47 heavy (non-hydrogen) atoms. The van der Waals surface area contributed by atoms with Crippen molar-refractivity contribution < 1.29 is 51.9 Å². The van der Waals surface area contributed by atoms with Crippen LogP contribution in [0.5, 0.6) is 17.2 Å². The summed E-state index contributed by atoms with van der Waals surface area (Å²) in [6, 6.07) is 15.5. The van der Waals surface area contributed by atoms with E-state index < -0.39 is 36.7 Å². The number of aryl methyl sites for hydroxylation is 1. The van der Waals surface area contributed by atoms with Crippen LogP contribution in [0, 0.1) is 12.7 Å². The minimum absolute atomic E-state index is 0.0237. The van der Waals surface area contributed by atoms with Crippen molar-refractivity contribution in [2.45, 2.75) is 45.4 Å². The van der Waals surface area contributed by atoms with Crippen molar-refractivity contribution in [3.05, 3.63) is 84.1 Å². The number of rotatable bonds is 9. The second-order valence-corrected chi connectivity index (χ2v) is 11.0. The molecular formula is C31H33F4N5O7. The van der Waals surface area contributed by atoms with E-state index in [2.05, 4.69) is 20.7 Å². The number of carbonyl (C=O) groups is 2. The number of urea groups is 1. The lowest BCUT2D eigenvalue weighted by atomic mass is 9.92. The van der Waals surface area contributed by atoms with E-state index in [-0.39, 0.29) is 23.5 Å². The zero-order valence-electron chi connectivity index (χ0n) is 25.7. The Hall–Kier alpha value is -5.22. The number of pyridine rings is 1. The van der Waals surface area contributed by atoms with Gasteiger partial charge in [0.15, 0.2) is 0 Å². The predicted molar refractivity (Wildman–Crippen MR) is 163 cm³/mol. The largest absolute Gasteiger partial charge is 0.491 e. The molecule has 2 aromatic heterocycles. The first kappa shape index (κ1) is 36.3. The number of amides is 2. The molecule has 0 saturated heterocycles. The number of aliphatic hydroxyl groups is 2. The second-order valence-electron chi connectivity index (χ2n) is 11.0. The summed E-state index contributed by atoms with van der Waals surface area (Å²) in [6.07, 6.45) is -4.46. The van der Waals surface area contributed by atoms with E-state index in [0.717, 1.165) is 11.4 Å². The standard InChI is InChI=1S/C29H32FN5O5.C2HF3O2/c1-18-13-23(11-12-31-18)40-22-9-10-25(24(30)14-22)32-28(38)33-27-15-26(29(2,3)4)34-35(27)19-5-7-21(8-6-19)39-17-20(37)16-36;3-2(4,5)1(6)7/h5-15,20,36-37H,16-17H2,1-4H3,(H2,32,33,38);(H,6,7). The summed E-state index contributed by atoms with van der Waals surface area (Å²) >= 11 is 0. The summed E-state index contributed by atoms with van der Waals surface area (Å²) in [5.41, 5.74) is 1.80. The fraction of sp³-hybridized carbons (Fsp3) is 0.290. The molecule has 0 saturated carbocycles. The third-order valence-electron chi connectivity index (χ3n) is 5.99. The molecule has 12 nitrogen and oxygen atoms in total. The molecule has 0 fully saturated rings. The Bertz CT molecular complexity index is 1670. The Balaban J connectivity index is 0.000000771. The van der Waals surface area contributed by atoms with Crippen molar-refractivity contribution in [1.29, 1.82) is 0 Å². The normalized spacial score (nSPS) is 12.0. The molecule has 2 aromatic carbocycles. The van der Waals surface area contributed by atoms with Crippen molar-refractivity contribution >= 4 is 23.5 Å². The van der Waals surface area contributed by atoms with Crippen LogP contribution in [0.15, 0.2) is 66.9 Å². The Morgan fingerprint density at radius 1 is 0.957 bits per heavy atom. The number of alkyl halides is 3. The molecule has 0 bridgehead atoms. The number of benzene rings is 2. The van der Waals surface area contributed by atoms with Gasteiger partial charge in [0, 0.05) is 35.5 Å². The van der Waals surface area contributed by atoms with E-state index in [9.17, 15) is 27.5 Å². The second kappa shape index (κ2) is 15.4. The fourth-order valence-corrected chi connectivity index (χ4v) is 3.61. The van der Waals surface area contributed by atoms with E-state index in [1.807, 2.05) is 27.7 Å². The zero-order chi connectivity index (χ0) is 34.9. The summed E-state index contributed by atoms with van der Waals surface area (Å²) in [4.78, 5) is 25.9. The molecule has 0 aliphatic heterocycles. The average Bonchev–Trinajstić information content (AvgIpc) is 3.41. The number of hydrogen-bond acceptors (Lipinski definition) is 8. The van der Waals surface area contributed by atoms with E-state index in [1.165, 1.54) is 12.1 Å². The molecule has 4 aromatic rings. The zero-order valence-corrected chi connectivity index (χ0v) is 25.7. The minimum atomic E-state index is -5.08. The number of anilines is 2. The number of aliphatic hydroxyl groups excluding tert-OH is 2. The number of aromatic nitrogens is 3. The molecule has 0 aliphatic rings. The molecule has 0 radical (unpaired) electrons. The molecule has 0 spiro atoms. The highest BCUT2D eigenvalue weighted by Crippen LogP contribution is 2.29. The first-order valence-electron chi connectivity index (χ1n) is 13.9. The van der Waals surface area contributed by atoms with Crippen LogP contribution in [-0.4, -0.2) is 67.6 Å². The number of ether oxygens (including phenoxy) is 2. The highest BCUT2D eigenvalue weighted by Gasteiger charge is 2.38. The number of halogens is 4. The van der Waals surface area contributed by atoms with Gasteiger partial charge in [0.1, 0.15) is 41.6 Å². The summed E-state index contributed by atoms with van der Waals surface area (Å²) in [5.74, 6) is -1.75. The maximum atomic E-state index is 14.8. The lowest BCUT2D eigenvalue weighted by Crippen LogP contribution is -2.22. The van der Waals surface area contributed by atoms with Crippen LogP contribution in [-0.2, 0) is 10.2 Å². The first-order chi connectivity index (χ1) is 22.0. The Morgan fingerprint density at radius 3 is 2.13 bits per heavy atom. The van der Waals surface area contributed by atoms with Crippen molar-refractivity contribution in [2.24, 2.45) is 0 Å². The molecule has 4 rings (SSSR count). The van der Waals surface area contributed by atoms with Gasteiger partial charge in [-0.25, -0.2) is 18.7 Å². The van der Waals surface area contributed by atoms with Crippen molar-refractivity contribution in [3.63, 3.8) is 0 Å². The number of carboxylic acids is 1. The molecule has 1 atom stereocenters. The number of nitrogens with zero attached hydrogens (tertiary/aromatic N) is 3. The third kappa shape index (κ3) is 11.0. The summed E-state index contributed by atoms with van der Waals surface area (Å²) in [5, 5.41) is 35.5. The van der Waals surface area contributed by atoms with Crippen molar-refractivity contribution in [2.75, 3.05) is 23.8 Å². The van der Waals surface area contributed by atoms with Crippen LogP contribution in [0.1, 0.15) is 32.2 Å². The number of nitrogens with one attached hydrogen (secondary N) is 2. The van der Waals surface area contributed by atoms with E-state index in [4.69, 9.17) is 24.5 Å². The molecule has 2 heterocycles. The highest BCUT2D eigenvalue weighted by molar-refractivity contribution is 5.99. The summed E-state index contributed by atoms with van der Waals surface area (Å²) in [6.45, 7) is 7.38. The van der Waals surface area contributed by atoms with Gasteiger partial charge in [-0.3, -0.25) is 10.3 Å². The molecule has 5 N–H and O–H groups in total. The van der Waals surface area contributed by atoms with Gasteiger partial charge >= 0.3 is 18.2 Å². The van der Waals surface area contributed by atoms with Gasteiger partial charge in [0.05, 0.1) is 23.7 Å². The van der Waals surface area contributed by atoms with Crippen molar-refractivity contribution in [3.8, 4) is 22.9 Å². The van der Waals surface area contributed by atoms with Gasteiger partial charge in [0.25, 0.3) is 0 Å². The topological polar surface area (TPSA) is 168 Å². The van der Waals surface area contributed by atoms with Gasteiger partial charge < -0.3 is 30.1 Å². The number of aliphatic carboxylic acids is 1. The molecular weight excluding hydrogens is 630 g/mol. The lowest BCUT2D eigenvalue weighted by molar-refractivity contribution is -0.192. The van der Waals surface area contributed by atoms with Gasteiger partial charge in [-0.1, -0.05) is 20.8 Å². The molecule has 2 amide bonds. The van der Waals surface area contributed by atoms with E-state index in [0.29, 0.717) is 23.0 Å². The smallest absolute Gasteiger partial charge is 0.490 e. The fourth-order valence-electron chi connectivity index (χ4n) is 3.61. The maximum Gasteiger partial charge on any atom is 0.490 e. The number of hydrogen-bond donors (Lipinski definition) is 5. The van der Waals surface area contributed by atoms with Crippen LogP contribution in [0.2, 0.25) is 0 Å². The number of carbonyl (C=O) groups excluding carboxylic acids is 1. The predicted octanol–water partition coefficient (Wildman–Crippen LogP) is 5.81. The summed E-state index contributed by atoms with van der Waals surface area (Å²) in [7, 11) is 0. The van der Waals surface area contributed by atoms with Crippen molar-refractivity contribution in [1.82, 2.24) is 14.8 Å². The monoisotopic (exact) mass is 663 g/mol. The van der Waals surface area contributed by atoms with Crippen LogP contribution in [0.4, 0.5) is 33.9 Å². The molecule has 0 aliphatic carbocycles. The van der Waals surface area contributed by atoms with Gasteiger partial charge in [0.2, 0.25) is 0 Å². The SMILES string of the molecule is Cc1cc(Oc2ccc(NC(=O)Nc3cc(C(C)(C)C)nn3-c3ccc(OCC(O)CO)cc3)c(F)c2)ccn1.O=C(O)C(F)(F)F. The average molecular weight is 664 g/mol. The van der Waals surface area contributed by atoms with Gasteiger partial charge in [-0.2, -0.15) is 18.3 Å². The Kier molecular flexibility index (Phi) is 11.9. The Labute approximate surface area is 266 Å².